The molecule has 24 heavy (non-hydrogen) atoms. The minimum atomic E-state index is -0.423. The molecule has 3 rings (SSSR count). The fourth-order valence-electron chi connectivity index (χ4n) is 2.27. The van der Waals surface area contributed by atoms with Gasteiger partial charge in [0.25, 0.3) is 0 Å². The first-order valence-corrected chi connectivity index (χ1v) is 7.86. The Morgan fingerprint density at radius 2 is 1.88 bits per heavy atom. The number of hydrogen-bond donors (Lipinski definition) is 1. The number of ether oxygens (including phenoxy) is 2. The third-order valence-electron chi connectivity index (χ3n) is 3.84. The second kappa shape index (κ2) is 7.17. The molecule has 0 atom stereocenters. The molecule has 0 aromatic heterocycles. The second-order valence-electron chi connectivity index (χ2n) is 5.77. The van der Waals surface area contributed by atoms with Crippen molar-refractivity contribution in [2.45, 2.75) is 19.4 Å². The highest BCUT2D eigenvalue weighted by molar-refractivity contribution is 5.96. The number of rotatable bonds is 6. The SMILES string of the molecule is COc1ccc(COC(=O)c2cccc(NC(=O)C3CC3)c2)cc1. The minimum Gasteiger partial charge on any atom is -0.497 e. The zero-order chi connectivity index (χ0) is 16.9. The van der Waals surface area contributed by atoms with Crippen LogP contribution < -0.4 is 10.1 Å². The number of nitrogens with one attached hydrogen (secondary N) is 1. The molecule has 0 unspecified atom stereocenters. The Kier molecular flexibility index (Phi) is 4.79. The average molecular weight is 325 g/mol. The Labute approximate surface area is 140 Å². The molecular formula is C19H19NO4. The van der Waals surface area contributed by atoms with Gasteiger partial charge in [0.05, 0.1) is 12.7 Å². The van der Waals surface area contributed by atoms with Crippen molar-refractivity contribution in [1.82, 2.24) is 0 Å². The molecule has 2 aromatic carbocycles. The molecule has 0 heterocycles. The molecule has 0 radical (unpaired) electrons. The number of esters is 1. The summed E-state index contributed by atoms with van der Waals surface area (Å²) in [4.78, 5) is 23.9. The summed E-state index contributed by atoms with van der Waals surface area (Å²) >= 11 is 0. The van der Waals surface area contributed by atoms with E-state index in [0.717, 1.165) is 24.2 Å². The third kappa shape index (κ3) is 4.13. The lowest BCUT2D eigenvalue weighted by Crippen LogP contribution is -2.14. The highest BCUT2D eigenvalue weighted by atomic mass is 16.5. The molecule has 1 saturated carbocycles. The number of benzene rings is 2. The van der Waals surface area contributed by atoms with Crippen molar-refractivity contribution < 1.29 is 19.1 Å². The Morgan fingerprint density at radius 3 is 2.54 bits per heavy atom. The molecule has 2 aromatic rings. The van der Waals surface area contributed by atoms with E-state index in [0.29, 0.717) is 11.3 Å². The van der Waals surface area contributed by atoms with Gasteiger partial charge in [-0.2, -0.15) is 0 Å². The minimum absolute atomic E-state index is 0.0127. The first-order valence-electron chi connectivity index (χ1n) is 7.86. The molecule has 0 saturated heterocycles. The molecule has 1 aliphatic rings. The van der Waals surface area contributed by atoms with Gasteiger partial charge in [0, 0.05) is 11.6 Å². The average Bonchev–Trinajstić information content (AvgIpc) is 3.45. The van der Waals surface area contributed by atoms with E-state index in [9.17, 15) is 9.59 Å². The summed E-state index contributed by atoms with van der Waals surface area (Å²) in [6, 6.07) is 14.1. The Bertz CT molecular complexity index is 735. The van der Waals surface area contributed by atoms with E-state index < -0.39 is 5.97 Å². The van der Waals surface area contributed by atoms with Crippen LogP contribution in [0.4, 0.5) is 5.69 Å². The predicted octanol–water partition coefficient (Wildman–Crippen LogP) is 3.40. The van der Waals surface area contributed by atoms with Crippen molar-refractivity contribution in [1.29, 1.82) is 0 Å². The normalized spacial score (nSPS) is 13.2. The van der Waals surface area contributed by atoms with E-state index in [1.807, 2.05) is 24.3 Å². The summed E-state index contributed by atoms with van der Waals surface area (Å²) < 4.78 is 10.4. The maximum Gasteiger partial charge on any atom is 0.338 e. The molecule has 0 aliphatic heterocycles. The second-order valence-corrected chi connectivity index (χ2v) is 5.77. The summed E-state index contributed by atoms with van der Waals surface area (Å²) in [5.41, 5.74) is 1.91. The number of hydrogen-bond acceptors (Lipinski definition) is 4. The van der Waals surface area contributed by atoms with E-state index in [2.05, 4.69) is 5.32 Å². The van der Waals surface area contributed by atoms with Gasteiger partial charge < -0.3 is 14.8 Å². The number of anilines is 1. The van der Waals surface area contributed by atoms with E-state index in [1.54, 1.807) is 31.4 Å². The van der Waals surface area contributed by atoms with Crippen LogP contribution in [0.5, 0.6) is 5.75 Å². The third-order valence-corrected chi connectivity index (χ3v) is 3.84. The summed E-state index contributed by atoms with van der Waals surface area (Å²) in [6.45, 7) is 0.182. The molecule has 5 nitrogen and oxygen atoms in total. The van der Waals surface area contributed by atoms with Gasteiger partial charge in [-0.15, -0.1) is 0 Å². The fraction of sp³-hybridized carbons (Fsp3) is 0.263. The van der Waals surface area contributed by atoms with Gasteiger partial charge in [-0.25, -0.2) is 4.79 Å². The summed E-state index contributed by atoms with van der Waals surface area (Å²) in [5.74, 6) is 0.465. The molecule has 5 heteroatoms. The lowest BCUT2D eigenvalue weighted by molar-refractivity contribution is -0.117. The Balaban J connectivity index is 1.58. The molecule has 1 amide bonds. The standard InChI is InChI=1S/C19H19NO4/c1-23-17-9-5-13(6-10-17)12-24-19(22)15-3-2-4-16(11-15)20-18(21)14-7-8-14/h2-6,9-11,14H,7-8,12H2,1H3,(H,20,21). The first kappa shape index (κ1) is 16.1. The van der Waals surface area contributed by atoms with Gasteiger partial charge in [0.1, 0.15) is 12.4 Å². The van der Waals surface area contributed by atoms with Gasteiger partial charge in [0.15, 0.2) is 0 Å². The topological polar surface area (TPSA) is 64.6 Å². The maximum absolute atomic E-state index is 12.2. The van der Waals surface area contributed by atoms with Crippen LogP contribution in [0, 0.1) is 5.92 Å². The van der Waals surface area contributed by atoms with Gasteiger partial charge in [-0.3, -0.25) is 4.79 Å². The highest BCUT2D eigenvalue weighted by Gasteiger charge is 2.29. The molecular weight excluding hydrogens is 306 g/mol. The van der Waals surface area contributed by atoms with Crippen molar-refractivity contribution in [3.63, 3.8) is 0 Å². The van der Waals surface area contributed by atoms with Crippen LogP contribution in [-0.2, 0) is 16.1 Å². The first-order chi connectivity index (χ1) is 11.7. The van der Waals surface area contributed by atoms with Gasteiger partial charge in [-0.05, 0) is 48.7 Å². The van der Waals surface area contributed by atoms with Crippen LogP contribution in [0.15, 0.2) is 48.5 Å². The molecule has 124 valence electrons. The maximum atomic E-state index is 12.2. The van der Waals surface area contributed by atoms with Crippen LogP contribution >= 0.6 is 0 Å². The number of amides is 1. The number of carbonyl (C=O) groups excluding carboxylic acids is 2. The van der Waals surface area contributed by atoms with Crippen molar-refractivity contribution in [2.24, 2.45) is 5.92 Å². The monoisotopic (exact) mass is 325 g/mol. The van der Waals surface area contributed by atoms with Crippen molar-refractivity contribution in [3.8, 4) is 5.75 Å². The van der Waals surface area contributed by atoms with Crippen molar-refractivity contribution in [3.05, 3.63) is 59.7 Å². The fourth-order valence-corrected chi connectivity index (χ4v) is 2.27. The van der Waals surface area contributed by atoms with Crippen LogP contribution in [0.3, 0.4) is 0 Å². The van der Waals surface area contributed by atoms with Crippen molar-refractivity contribution in [2.75, 3.05) is 12.4 Å². The Hall–Kier alpha value is -2.82. The van der Waals surface area contributed by atoms with Gasteiger partial charge >= 0.3 is 5.97 Å². The van der Waals surface area contributed by atoms with Crippen LogP contribution in [-0.4, -0.2) is 19.0 Å². The van der Waals surface area contributed by atoms with Crippen LogP contribution in [0.25, 0.3) is 0 Å². The largest absolute Gasteiger partial charge is 0.497 e. The van der Waals surface area contributed by atoms with Gasteiger partial charge in [-0.1, -0.05) is 18.2 Å². The molecule has 1 fully saturated rings. The van der Waals surface area contributed by atoms with Gasteiger partial charge in [0.2, 0.25) is 5.91 Å². The summed E-state index contributed by atoms with van der Waals surface area (Å²) in [6.07, 6.45) is 1.88. The summed E-state index contributed by atoms with van der Waals surface area (Å²) in [7, 11) is 1.60. The zero-order valence-corrected chi connectivity index (χ0v) is 13.5. The van der Waals surface area contributed by atoms with E-state index in [-0.39, 0.29) is 18.4 Å². The quantitative estimate of drug-likeness (QED) is 0.827. The van der Waals surface area contributed by atoms with Crippen LogP contribution in [0.2, 0.25) is 0 Å². The molecule has 0 bridgehead atoms. The van der Waals surface area contributed by atoms with Crippen LogP contribution in [0.1, 0.15) is 28.8 Å². The lowest BCUT2D eigenvalue weighted by Gasteiger charge is -2.08. The lowest BCUT2D eigenvalue weighted by atomic mass is 10.2. The summed E-state index contributed by atoms with van der Waals surface area (Å²) in [5, 5.41) is 2.82. The van der Waals surface area contributed by atoms with E-state index in [4.69, 9.17) is 9.47 Å². The number of methoxy groups -OCH3 is 1. The van der Waals surface area contributed by atoms with Crippen molar-refractivity contribution >= 4 is 17.6 Å². The number of carbonyl (C=O) groups is 2. The van der Waals surface area contributed by atoms with E-state index in [1.165, 1.54) is 0 Å². The predicted molar refractivity (Wildman–Crippen MR) is 89.9 cm³/mol. The molecule has 1 N–H and O–H groups in total. The van der Waals surface area contributed by atoms with E-state index >= 15 is 0 Å². The molecule has 1 aliphatic carbocycles. The zero-order valence-electron chi connectivity index (χ0n) is 13.5. The highest BCUT2D eigenvalue weighted by Crippen LogP contribution is 2.30. The Morgan fingerprint density at radius 1 is 1.12 bits per heavy atom. The smallest absolute Gasteiger partial charge is 0.338 e. The molecule has 0 spiro atoms.